The maximum absolute atomic E-state index is 9.00. The van der Waals surface area contributed by atoms with Gasteiger partial charge in [-0.2, -0.15) is 0 Å². The van der Waals surface area contributed by atoms with E-state index in [1.165, 1.54) is 81.6 Å². The molecule has 0 unspecified atom stereocenters. The molecule has 2 aromatic carbocycles. The fourth-order valence-corrected chi connectivity index (χ4v) is 4.87. The molecule has 186 valence electrons. The molecule has 2 saturated heterocycles. The van der Waals surface area contributed by atoms with Gasteiger partial charge < -0.3 is 24.5 Å². The molecular weight excluding hydrogens is 440 g/mol. The standard InChI is InChI=1S/C13H17N3.C12H15N3.C2H4O2/c1-15-10-14-13-11(15)6-5-7-12(13)16-8-3-2-4-9-16;1-2-7-15(8-3-1)11-6-4-5-10-12(11)14-9-13-10;1-2(3)4/h5-7,10H,2-4,8-9H2,1H3;4-6,9H,1-3,7-8H2,(H,13,14);1H3,(H,3,4). The Morgan fingerprint density at radius 3 is 1.97 bits per heavy atom. The van der Waals surface area contributed by atoms with Gasteiger partial charge in [0.05, 0.1) is 35.1 Å². The van der Waals surface area contributed by atoms with E-state index < -0.39 is 5.97 Å². The molecule has 0 amide bonds. The van der Waals surface area contributed by atoms with Gasteiger partial charge in [-0.3, -0.25) is 4.79 Å². The number of benzene rings is 2. The van der Waals surface area contributed by atoms with Crippen LogP contribution in [0.4, 0.5) is 11.4 Å². The van der Waals surface area contributed by atoms with Crippen LogP contribution in [0.15, 0.2) is 49.1 Å². The summed E-state index contributed by atoms with van der Waals surface area (Å²) in [5.41, 5.74) is 7.21. The van der Waals surface area contributed by atoms with Gasteiger partial charge in [0.25, 0.3) is 5.97 Å². The number of anilines is 2. The quantitative estimate of drug-likeness (QED) is 0.413. The highest BCUT2D eigenvalue weighted by Crippen LogP contribution is 2.28. The first-order chi connectivity index (χ1) is 17.0. The van der Waals surface area contributed by atoms with E-state index in [-0.39, 0.29) is 0 Å². The van der Waals surface area contributed by atoms with Crippen molar-refractivity contribution in [3.63, 3.8) is 0 Å². The van der Waals surface area contributed by atoms with Gasteiger partial charge in [0.1, 0.15) is 11.0 Å². The Bertz CT molecular complexity index is 1230. The highest BCUT2D eigenvalue weighted by Gasteiger charge is 2.15. The lowest BCUT2D eigenvalue weighted by Crippen LogP contribution is -2.29. The summed E-state index contributed by atoms with van der Waals surface area (Å²) in [7, 11) is 2.05. The second-order valence-electron chi connectivity index (χ2n) is 9.19. The molecule has 4 heterocycles. The molecule has 35 heavy (non-hydrogen) atoms. The third-order valence-electron chi connectivity index (χ3n) is 6.56. The molecule has 8 heteroatoms. The van der Waals surface area contributed by atoms with E-state index >= 15 is 0 Å². The van der Waals surface area contributed by atoms with E-state index in [2.05, 4.69) is 72.8 Å². The number of imidazole rings is 2. The van der Waals surface area contributed by atoms with Crippen molar-refractivity contribution in [2.45, 2.75) is 45.4 Å². The number of hydrogen-bond acceptors (Lipinski definition) is 5. The van der Waals surface area contributed by atoms with Crippen LogP contribution in [0, 0.1) is 0 Å². The number of aromatic nitrogens is 4. The minimum atomic E-state index is -0.833. The van der Waals surface area contributed by atoms with Crippen LogP contribution in [0.3, 0.4) is 0 Å². The fourth-order valence-electron chi connectivity index (χ4n) is 4.87. The average molecular weight is 477 g/mol. The van der Waals surface area contributed by atoms with Gasteiger partial charge in [-0.1, -0.05) is 12.1 Å². The van der Waals surface area contributed by atoms with Crippen LogP contribution in [0.5, 0.6) is 0 Å². The Balaban J connectivity index is 0.000000144. The number of aryl methyl sites for hydroxylation is 1. The first-order valence-electron chi connectivity index (χ1n) is 12.6. The lowest BCUT2D eigenvalue weighted by atomic mass is 10.1. The average Bonchev–Trinajstić information content (AvgIpc) is 3.52. The molecule has 0 saturated carbocycles. The molecule has 2 aliphatic rings. The summed E-state index contributed by atoms with van der Waals surface area (Å²) in [5.74, 6) is -0.833. The number of nitrogens with one attached hydrogen (secondary N) is 1. The number of nitrogens with zero attached hydrogens (tertiary/aromatic N) is 5. The van der Waals surface area contributed by atoms with E-state index in [1.54, 1.807) is 6.33 Å². The third-order valence-corrected chi connectivity index (χ3v) is 6.56. The number of carboxylic acids is 1. The summed E-state index contributed by atoms with van der Waals surface area (Å²) < 4.78 is 2.09. The van der Waals surface area contributed by atoms with Gasteiger partial charge in [-0.15, -0.1) is 0 Å². The van der Waals surface area contributed by atoms with E-state index in [1.807, 2.05) is 6.33 Å². The maximum Gasteiger partial charge on any atom is 0.300 e. The first-order valence-corrected chi connectivity index (χ1v) is 12.6. The second-order valence-corrected chi connectivity index (χ2v) is 9.19. The molecule has 0 spiro atoms. The van der Waals surface area contributed by atoms with Crippen molar-refractivity contribution >= 4 is 39.4 Å². The number of para-hydroxylation sites is 2. The highest BCUT2D eigenvalue weighted by molar-refractivity contribution is 5.89. The molecule has 0 atom stereocenters. The summed E-state index contributed by atoms with van der Waals surface area (Å²) in [6, 6.07) is 12.8. The number of fused-ring (bicyclic) bond motifs is 2. The molecule has 2 aliphatic heterocycles. The molecule has 0 aliphatic carbocycles. The van der Waals surface area contributed by atoms with Crippen LogP contribution < -0.4 is 9.80 Å². The van der Waals surface area contributed by atoms with Crippen LogP contribution in [-0.4, -0.2) is 56.8 Å². The predicted octanol–water partition coefficient (Wildman–Crippen LogP) is 5.21. The maximum atomic E-state index is 9.00. The number of piperidine rings is 2. The van der Waals surface area contributed by atoms with Gasteiger partial charge in [0.15, 0.2) is 0 Å². The number of rotatable bonds is 2. The topological polar surface area (TPSA) is 90.3 Å². The zero-order valence-electron chi connectivity index (χ0n) is 20.8. The van der Waals surface area contributed by atoms with Gasteiger partial charge in [0.2, 0.25) is 0 Å². The van der Waals surface area contributed by atoms with Crippen molar-refractivity contribution in [2.75, 3.05) is 36.0 Å². The van der Waals surface area contributed by atoms with Crippen LogP contribution in [-0.2, 0) is 11.8 Å². The molecule has 4 aromatic rings. The van der Waals surface area contributed by atoms with E-state index in [4.69, 9.17) is 9.90 Å². The minimum Gasteiger partial charge on any atom is -0.481 e. The van der Waals surface area contributed by atoms with Crippen molar-refractivity contribution in [2.24, 2.45) is 7.05 Å². The predicted molar refractivity (Wildman–Crippen MR) is 142 cm³/mol. The molecule has 2 N–H and O–H groups in total. The molecule has 2 aromatic heterocycles. The Labute approximate surface area is 206 Å². The van der Waals surface area contributed by atoms with E-state index in [0.717, 1.165) is 23.5 Å². The molecule has 2 fully saturated rings. The zero-order valence-corrected chi connectivity index (χ0v) is 20.8. The number of aliphatic carboxylic acids is 1. The zero-order chi connectivity index (χ0) is 24.6. The number of carbonyl (C=O) groups is 1. The fraction of sp³-hybridized carbons (Fsp3) is 0.444. The van der Waals surface area contributed by atoms with Crippen molar-refractivity contribution < 1.29 is 9.90 Å². The Kier molecular flexibility index (Phi) is 8.23. The number of aromatic amines is 1. The van der Waals surface area contributed by atoms with Crippen molar-refractivity contribution in [3.05, 3.63) is 49.1 Å². The largest absolute Gasteiger partial charge is 0.481 e. The van der Waals surface area contributed by atoms with Crippen LogP contribution in [0.1, 0.15) is 45.4 Å². The summed E-state index contributed by atoms with van der Waals surface area (Å²) in [4.78, 5) is 26.0. The number of H-pyrrole nitrogens is 1. The summed E-state index contributed by atoms with van der Waals surface area (Å²) >= 11 is 0. The van der Waals surface area contributed by atoms with Crippen LogP contribution in [0.2, 0.25) is 0 Å². The van der Waals surface area contributed by atoms with Gasteiger partial charge in [-0.25, -0.2) is 9.97 Å². The Morgan fingerprint density at radius 1 is 0.829 bits per heavy atom. The molecule has 0 radical (unpaired) electrons. The third kappa shape index (κ3) is 6.12. The molecule has 0 bridgehead atoms. The molecular formula is C27H36N6O2. The van der Waals surface area contributed by atoms with Crippen molar-refractivity contribution in [3.8, 4) is 0 Å². The van der Waals surface area contributed by atoms with Crippen molar-refractivity contribution in [1.29, 1.82) is 0 Å². The van der Waals surface area contributed by atoms with E-state index in [9.17, 15) is 0 Å². The van der Waals surface area contributed by atoms with Crippen molar-refractivity contribution in [1.82, 2.24) is 19.5 Å². The molecule has 8 nitrogen and oxygen atoms in total. The SMILES string of the molecule is CC(=O)O.Cn1cnc2c(N3CCCCC3)cccc21.c1cc(N2CCCCC2)c2nc[nH]c2c1. The highest BCUT2D eigenvalue weighted by atomic mass is 16.4. The second kappa shape index (κ2) is 11.7. The van der Waals surface area contributed by atoms with Gasteiger partial charge in [0, 0.05) is 40.2 Å². The first kappa shape index (κ1) is 24.6. The van der Waals surface area contributed by atoms with Gasteiger partial charge >= 0.3 is 0 Å². The minimum absolute atomic E-state index is 0.833. The summed E-state index contributed by atoms with van der Waals surface area (Å²) in [6.45, 7) is 5.78. The number of hydrogen-bond donors (Lipinski definition) is 2. The van der Waals surface area contributed by atoms with Gasteiger partial charge in [-0.05, 0) is 62.8 Å². The summed E-state index contributed by atoms with van der Waals surface area (Å²) in [5, 5.41) is 7.42. The normalized spacial score (nSPS) is 15.8. The van der Waals surface area contributed by atoms with Crippen LogP contribution in [0.25, 0.3) is 22.1 Å². The smallest absolute Gasteiger partial charge is 0.300 e. The van der Waals surface area contributed by atoms with E-state index in [0.29, 0.717) is 0 Å². The Hall–Kier alpha value is -3.55. The lowest BCUT2D eigenvalue weighted by molar-refractivity contribution is -0.134. The lowest BCUT2D eigenvalue weighted by Gasteiger charge is -2.28. The summed E-state index contributed by atoms with van der Waals surface area (Å²) in [6.07, 6.45) is 11.6. The molecule has 6 rings (SSSR count). The number of carboxylic acid groups (broad SMARTS) is 1. The monoisotopic (exact) mass is 476 g/mol. The Morgan fingerprint density at radius 2 is 1.37 bits per heavy atom. The van der Waals surface area contributed by atoms with Crippen LogP contribution >= 0.6 is 0 Å².